The molecule has 0 spiro atoms. The Balaban J connectivity index is 2.69. The molecule has 0 unspecified atom stereocenters. The molecule has 0 saturated carbocycles. The maximum absolute atomic E-state index is 13.3. The Morgan fingerprint density at radius 1 is 0.760 bits per heavy atom. The van der Waals surface area contributed by atoms with Gasteiger partial charge < -0.3 is 13.3 Å². The standard InChI is InChI=1S/C19H32F2O3Si/c1-14(2)22-25(23-15(3)4,24-16(5)6)10-8-7-9-17-11-18(20)13-19(21)12-17/h11-16H,7-10H2,1-6H3. The molecule has 0 aliphatic heterocycles. The molecule has 3 nitrogen and oxygen atoms in total. The van der Waals surface area contributed by atoms with Crippen molar-refractivity contribution in [2.45, 2.75) is 85.2 Å². The first-order chi connectivity index (χ1) is 11.6. The number of aryl methyl sites for hydroxylation is 1. The second-order valence-electron chi connectivity index (χ2n) is 7.17. The van der Waals surface area contributed by atoms with E-state index in [0.29, 0.717) is 18.0 Å². The Morgan fingerprint density at radius 2 is 1.20 bits per heavy atom. The van der Waals surface area contributed by atoms with Crippen molar-refractivity contribution in [2.24, 2.45) is 0 Å². The van der Waals surface area contributed by atoms with Gasteiger partial charge in [-0.25, -0.2) is 8.78 Å². The number of halogens is 2. The van der Waals surface area contributed by atoms with E-state index in [1.807, 2.05) is 41.5 Å². The highest BCUT2D eigenvalue weighted by molar-refractivity contribution is 6.60. The second kappa shape index (κ2) is 10.4. The molecule has 1 aromatic rings. The third-order valence-corrected chi connectivity index (χ3v) is 6.82. The summed E-state index contributed by atoms with van der Waals surface area (Å²) in [5.41, 5.74) is 0.670. The van der Waals surface area contributed by atoms with E-state index in [9.17, 15) is 8.78 Å². The fourth-order valence-electron chi connectivity index (χ4n) is 2.76. The van der Waals surface area contributed by atoms with Crippen molar-refractivity contribution < 1.29 is 22.1 Å². The van der Waals surface area contributed by atoms with Gasteiger partial charge in [0.25, 0.3) is 0 Å². The molecule has 0 aliphatic carbocycles. The second-order valence-corrected chi connectivity index (χ2v) is 9.74. The molecule has 0 fully saturated rings. The van der Waals surface area contributed by atoms with Crippen LogP contribution in [0.15, 0.2) is 18.2 Å². The zero-order valence-corrected chi connectivity index (χ0v) is 17.3. The summed E-state index contributed by atoms with van der Waals surface area (Å²) in [6.45, 7) is 11.9. The Bertz CT molecular complexity index is 475. The number of hydrogen-bond acceptors (Lipinski definition) is 3. The molecule has 0 heterocycles. The van der Waals surface area contributed by atoms with Crippen LogP contribution in [0.4, 0.5) is 8.78 Å². The average molecular weight is 375 g/mol. The van der Waals surface area contributed by atoms with Gasteiger partial charge in [-0.15, -0.1) is 0 Å². The first-order valence-corrected chi connectivity index (χ1v) is 11.0. The van der Waals surface area contributed by atoms with Crippen molar-refractivity contribution in [3.05, 3.63) is 35.4 Å². The largest absolute Gasteiger partial charge is 0.501 e. The van der Waals surface area contributed by atoms with Crippen LogP contribution in [0, 0.1) is 11.6 Å². The molecule has 0 N–H and O–H groups in total. The monoisotopic (exact) mass is 374 g/mol. The molecule has 0 aliphatic rings. The fourth-order valence-corrected chi connectivity index (χ4v) is 6.12. The molecule has 144 valence electrons. The molecule has 1 rings (SSSR count). The van der Waals surface area contributed by atoms with Gasteiger partial charge in [0.1, 0.15) is 11.6 Å². The van der Waals surface area contributed by atoms with Gasteiger partial charge in [-0.05, 0) is 78.5 Å². The van der Waals surface area contributed by atoms with E-state index in [0.717, 1.165) is 18.9 Å². The molecular formula is C19H32F2O3Si. The first-order valence-electron chi connectivity index (χ1n) is 9.10. The predicted molar refractivity (Wildman–Crippen MR) is 98.5 cm³/mol. The predicted octanol–water partition coefficient (Wildman–Crippen LogP) is 5.50. The fraction of sp³-hybridized carbons (Fsp3) is 0.684. The summed E-state index contributed by atoms with van der Waals surface area (Å²) in [7, 11) is -2.79. The van der Waals surface area contributed by atoms with Crippen molar-refractivity contribution in [3.8, 4) is 0 Å². The summed E-state index contributed by atoms with van der Waals surface area (Å²) in [5, 5.41) is 0. The van der Waals surface area contributed by atoms with Gasteiger partial charge in [0.15, 0.2) is 0 Å². The molecule has 0 aromatic heterocycles. The van der Waals surface area contributed by atoms with E-state index in [4.69, 9.17) is 13.3 Å². The maximum atomic E-state index is 13.3. The average Bonchev–Trinajstić information content (AvgIpc) is 2.40. The van der Waals surface area contributed by atoms with Crippen molar-refractivity contribution in [1.29, 1.82) is 0 Å². The van der Waals surface area contributed by atoms with Crippen LogP contribution in [0.2, 0.25) is 6.04 Å². The van der Waals surface area contributed by atoms with E-state index < -0.39 is 20.4 Å². The van der Waals surface area contributed by atoms with Gasteiger partial charge in [-0.1, -0.05) is 0 Å². The number of hydrogen-bond donors (Lipinski definition) is 0. The minimum absolute atomic E-state index is 0.0153. The van der Waals surface area contributed by atoms with Crippen LogP contribution >= 0.6 is 0 Å². The van der Waals surface area contributed by atoms with Crippen LogP contribution in [-0.2, 0) is 19.7 Å². The minimum Gasteiger partial charge on any atom is -0.371 e. The van der Waals surface area contributed by atoms with Crippen molar-refractivity contribution in [1.82, 2.24) is 0 Å². The number of benzene rings is 1. The third kappa shape index (κ3) is 8.90. The molecule has 0 atom stereocenters. The quantitative estimate of drug-likeness (QED) is 0.378. The summed E-state index contributed by atoms with van der Waals surface area (Å²) in [5.74, 6) is -1.07. The molecule has 0 bridgehead atoms. The van der Waals surface area contributed by atoms with Crippen LogP contribution < -0.4 is 0 Å². The smallest absolute Gasteiger partial charge is 0.371 e. The summed E-state index contributed by atoms with van der Waals surface area (Å²) < 4.78 is 44.9. The number of unbranched alkanes of at least 4 members (excludes halogenated alkanes) is 1. The van der Waals surface area contributed by atoms with Crippen LogP contribution in [0.3, 0.4) is 0 Å². The Hall–Kier alpha value is -0.823. The molecular weight excluding hydrogens is 342 g/mol. The highest BCUT2D eigenvalue weighted by atomic mass is 28.4. The van der Waals surface area contributed by atoms with Crippen molar-refractivity contribution >= 4 is 8.80 Å². The van der Waals surface area contributed by atoms with Gasteiger partial charge in [0, 0.05) is 30.4 Å². The molecule has 0 radical (unpaired) electrons. The highest BCUT2D eigenvalue weighted by Gasteiger charge is 2.43. The zero-order valence-electron chi connectivity index (χ0n) is 16.3. The highest BCUT2D eigenvalue weighted by Crippen LogP contribution is 2.25. The van der Waals surface area contributed by atoms with E-state index in [-0.39, 0.29) is 18.3 Å². The van der Waals surface area contributed by atoms with E-state index in [1.54, 1.807) is 0 Å². The summed E-state index contributed by atoms with van der Waals surface area (Å²) >= 11 is 0. The molecule has 0 amide bonds. The summed E-state index contributed by atoms with van der Waals surface area (Å²) in [6, 6.07) is 4.35. The van der Waals surface area contributed by atoms with Crippen LogP contribution in [0.25, 0.3) is 0 Å². The zero-order chi connectivity index (χ0) is 19.0. The normalized spacial score (nSPS) is 12.6. The van der Waals surface area contributed by atoms with Crippen LogP contribution in [0.5, 0.6) is 0 Å². The molecule has 25 heavy (non-hydrogen) atoms. The molecule has 0 saturated heterocycles. The van der Waals surface area contributed by atoms with E-state index in [2.05, 4.69) is 0 Å². The first kappa shape index (κ1) is 22.2. The third-order valence-electron chi connectivity index (χ3n) is 3.37. The van der Waals surface area contributed by atoms with Gasteiger partial charge >= 0.3 is 8.80 Å². The lowest BCUT2D eigenvalue weighted by atomic mass is 10.1. The van der Waals surface area contributed by atoms with Gasteiger partial charge in [0.05, 0.1) is 0 Å². The SMILES string of the molecule is CC(C)O[Si](CCCCc1cc(F)cc(F)c1)(OC(C)C)OC(C)C. The topological polar surface area (TPSA) is 27.7 Å². The lowest BCUT2D eigenvalue weighted by Gasteiger charge is -2.34. The van der Waals surface area contributed by atoms with Crippen LogP contribution in [0.1, 0.15) is 59.9 Å². The minimum atomic E-state index is -2.79. The maximum Gasteiger partial charge on any atom is 0.501 e. The van der Waals surface area contributed by atoms with Crippen molar-refractivity contribution in [2.75, 3.05) is 0 Å². The number of rotatable bonds is 11. The summed E-state index contributed by atoms with van der Waals surface area (Å²) in [4.78, 5) is 0. The Morgan fingerprint density at radius 3 is 1.60 bits per heavy atom. The lowest BCUT2D eigenvalue weighted by Crippen LogP contribution is -2.50. The molecule has 1 aromatic carbocycles. The summed E-state index contributed by atoms with van der Waals surface area (Å²) in [6.07, 6.45) is 2.27. The molecule has 6 heteroatoms. The van der Waals surface area contributed by atoms with E-state index >= 15 is 0 Å². The van der Waals surface area contributed by atoms with E-state index in [1.165, 1.54) is 12.1 Å². The lowest BCUT2D eigenvalue weighted by molar-refractivity contribution is 0.00281. The van der Waals surface area contributed by atoms with Crippen molar-refractivity contribution in [3.63, 3.8) is 0 Å². The van der Waals surface area contributed by atoms with Gasteiger partial charge in [-0.2, -0.15) is 0 Å². The van der Waals surface area contributed by atoms with Crippen LogP contribution in [-0.4, -0.2) is 27.1 Å². The Labute approximate surface area is 152 Å². The Kier molecular flexibility index (Phi) is 9.20. The van der Waals surface area contributed by atoms with Gasteiger partial charge in [0.2, 0.25) is 0 Å². The van der Waals surface area contributed by atoms with Gasteiger partial charge in [-0.3, -0.25) is 0 Å².